The van der Waals surface area contributed by atoms with Crippen LogP contribution in [0.2, 0.25) is 18.1 Å². The molecule has 1 aliphatic carbocycles. The van der Waals surface area contributed by atoms with E-state index in [2.05, 4.69) is 47.7 Å². The highest BCUT2D eigenvalue weighted by Crippen LogP contribution is 2.58. The molecule has 21 heavy (non-hydrogen) atoms. The van der Waals surface area contributed by atoms with Crippen LogP contribution < -0.4 is 0 Å². The van der Waals surface area contributed by atoms with Crippen LogP contribution in [0, 0.1) is 5.92 Å². The molecule has 0 aromatic rings. The average molecular weight is 313 g/mol. The van der Waals surface area contributed by atoms with Gasteiger partial charge in [0.05, 0.1) is 6.61 Å². The zero-order chi connectivity index (χ0) is 15.9. The fourth-order valence-electron chi connectivity index (χ4n) is 3.70. The second-order valence-electron chi connectivity index (χ2n) is 8.94. The quantitative estimate of drug-likeness (QED) is 0.492. The standard InChI is InChI=1S/C18H36O2Si/c1-8-18(14-19-21(6,7)16(2,3)4)17(5,20-18)15-12-10-9-11-13-15/h15H,8-14H2,1-7H3/t17-,18-/m1/s1. The summed E-state index contributed by atoms with van der Waals surface area (Å²) in [6, 6.07) is 0. The number of hydrogen-bond donors (Lipinski definition) is 0. The Morgan fingerprint density at radius 3 is 2.19 bits per heavy atom. The Balaban J connectivity index is 2.01. The molecule has 0 bridgehead atoms. The van der Waals surface area contributed by atoms with E-state index in [4.69, 9.17) is 9.16 Å². The maximum absolute atomic E-state index is 6.51. The summed E-state index contributed by atoms with van der Waals surface area (Å²) in [6.07, 6.45) is 7.94. The highest BCUT2D eigenvalue weighted by Gasteiger charge is 2.69. The normalized spacial score (nSPS) is 35.0. The third-order valence-corrected chi connectivity index (χ3v) is 11.2. The lowest BCUT2D eigenvalue weighted by molar-refractivity contribution is 0.163. The average Bonchev–Trinajstić information content (AvgIpc) is 3.04. The summed E-state index contributed by atoms with van der Waals surface area (Å²) < 4.78 is 12.9. The van der Waals surface area contributed by atoms with Gasteiger partial charge in [-0.05, 0) is 50.2 Å². The van der Waals surface area contributed by atoms with E-state index in [0.29, 0.717) is 0 Å². The van der Waals surface area contributed by atoms with Crippen LogP contribution in [-0.2, 0) is 9.16 Å². The maximum Gasteiger partial charge on any atom is 0.192 e. The van der Waals surface area contributed by atoms with Crippen LogP contribution in [0.1, 0.15) is 73.1 Å². The van der Waals surface area contributed by atoms with Crippen molar-refractivity contribution in [2.24, 2.45) is 5.92 Å². The SMILES string of the molecule is CC[C@]1(CO[Si](C)(C)C(C)(C)C)O[C@]1(C)C1CCCCC1. The van der Waals surface area contributed by atoms with Crippen molar-refractivity contribution >= 4 is 8.32 Å². The molecule has 0 unspecified atom stereocenters. The molecule has 0 radical (unpaired) electrons. The first-order valence-electron chi connectivity index (χ1n) is 8.92. The van der Waals surface area contributed by atoms with Crippen molar-refractivity contribution in [2.45, 2.75) is 102 Å². The zero-order valence-corrected chi connectivity index (χ0v) is 16.3. The second-order valence-corrected chi connectivity index (χ2v) is 13.8. The molecule has 0 N–H and O–H groups in total. The molecule has 1 aliphatic heterocycles. The summed E-state index contributed by atoms with van der Waals surface area (Å²) in [5.41, 5.74) is 0.0645. The molecule has 0 spiro atoms. The minimum absolute atomic E-state index is 0.00940. The summed E-state index contributed by atoms with van der Waals surface area (Å²) in [7, 11) is -1.68. The monoisotopic (exact) mass is 312 g/mol. The van der Waals surface area contributed by atoms with Crippen LogP contribution in [0.25, 0.3) is 0 Å². The van der Waals surface area contributed by atoms with E-state index >= 15 is 0 Å². The van der Waals surface area contributed by atoms with Gasteiger partial charge in [-0.25, -0.2) is 0 Å². The molecule has 2 nitrogen and oxygen atoms in total. The van der Waals surface area contributed by atoms with Crippen LogP contribution in [0.3, 0.4) is 0 Å². The maximum atomic E-state index is 6.51. The van der Waals surface area contributed by atoms with Gasteiger partial charge in [-0.3, -0.25) is 0 Å². The van der Waals surface area contributed by atoms with Crippen LogP contribution in [0.4, 0.5) is 0 Å². The molecule has 1 heterocycles. The smallest absolute Gasteiger partial charge is 0.192 e. The molecule has 124 valence electrons. The number of rotatable bonds is 5. The predicted molar refractivity (Wildman–Crippen MR) is 92.2 cm³/mol. The molecule has 0 amide bonds. The Bertz CT molecular complexity index is 368. The van der Waals surface area contributed by atoms with Crippen LogP contribution >= 0.6 is 0 Å². The molecule has 2 aliphatic rings. The molecule has 0 aromatic carbocycles. The lowest BCUT2D eigenvalue weighted by Crippen LogP contribution is -2.45. The number of ether oxygens (including phenoxy) is 1. The van der Waals surface area contributed by atoms with E-state index in [1.54, 1.807) is 0 Å². The molecule has 0 aromatic heterocycles. The van der Waals surface area contributed by atoms with Gasteiger partial charge in [0.15, 0.2) is 8.32 Å². The summed E-state index contributed by atoms with van der Waals surface area (Å²) in [5.74, 6) is 0.745. The van der Waals surface area contributed by atoms with Gasteiger partial charge in [0.1, 0.15) is 11.2 Å². The van der Waals surface area contributed by atoms with Crippen molar-refractivity contribution in [3.8, 4) is 0 Å². The van der Waals surface area contributed by atoms with E-state index in [1.807, 2.05) is 0 Å². The fourth-order valence-corrected chi connectivity index (χ4v) is 4.73. The van der Waals surface area contributed by atoms with Gasteiger partial charge in [0.25, 0.3) is 0 Å². The minimum atomic E-state index is -1.68. The van der Waals surface area contributed by atoms with E-state index in [9.17, 15) is 0 Å². The third kappa shape index (κ3) is 3.11. The Morgan fingerprint density at radius 1 is 1.14 bits per heavy atom. The lowest BCUT2D eigenvalue weighted by Gasteiger charge is -2.37. The topological polar surface area (TPSA) is 21.8 Å². The highest BCUT2D eigenvalue weighted by molar-refractivity contribution is 6.74. The van der Waals surface area contributed by atoms with Crippen LogP contribution in [-0.4, -0.2) is 26.1 Å². The molecular formula is C18H36O2Si. The molecule has 2 rings (SSSR count). The van der Waals surface area contributed by atoms with Gasteiger partial charge >= 0.3 is 0 Å². The molecule has 1 saturated carbocycles. The molecule has 1 saturated heterocycles. The summed E-state index contributed by atoms with van der Waals surface area (Å²) in [6.45, 7) is 17.0. The van der Waals surface area contributed by atoms with Gasteiger partial charge in [-0.2, -0.15) is 0 Å². The summed E-state index contributed by atoms with van der Waals surface area (Å²) >= 11 is 0. The second kappa shape index (κ2) is 5.65. The molecule has 2 fully saturated rings. The van der Waals surface area contributed by atoms with Crippen LogP contribution in [0.15, 0.2) is 0 Å². The Kier molecular flexibility index (Phi) is 4.70. The van der Waals surface area contributed by atoms with Crippen molar-refractivity contribution < 1.29 is 9.16 Å². The minimum Gasteiger partial charge on any atom is -0.414 e. The van der Waals surface area contributed by atoms with E-state index in [1.165, 1.54) is 32.1 Å². The van der Waals surface area contributed by atoms with Gasteiger partial charge < -0.3 is 9.16 Å². The molecule has 3 heteroatoms. The summed E-state index contributed by atoms with van der Waals surface area (Å²) in [5, 5.41) is 0.276. The van der Waals surface area contributed by atoms with Crippen molar-refractivity contribution in [1.29, 1.82) is 0 Å². The van der Waals surface area contributed by atoms with Crippen molar-refractivity contribution in [1.82, 2.24) is 0 Å². The van der Waals surface area contributed by atoms with Crippen LogP contribution in [0.5, 0.6) is 0 Å². The van der Waals surface area contributed by atoms with Gasteiger partial charge in [-0.1, -0.05) is 47.0 Å². The van der Waals surface area contributed by atoms with E-state index in [-0.39, 0.29) is 16.2 Å². The highest BCUT2D eigenvalue weighted by atomic mass is 28.4. The molecular weight excluding hydrogens is 276 g/mol. The van der Waals surface area contributed by atoms with Crippen molar-refractivity contribution in [3.05, 3.63) is 0 Å². The van der Waals surface area contributed by atoms with Crippen molar-refractivity contribution in [2.75, 3.05) is 6.61 Å². The number of hydrogen-bond acceptors (Lipinski definition) is 2. The zero-order valence-electron chi connectivity index (χ0n) is 15.3. The first-order chi connectivity index (χ1) is 9.58. The molecule has 2 atom stereocenters. The largest absolute Gasteiger partial charge is 0.414 e. The van der Waals surface area contributed by atoms with E-state index in [0.717, 1.165) is 18.9 Å². The first-order valence-corrected chi connectivity index (χ1v) is 11.8. The van der Waals surface area contributed by atoms with Crippen molar-refractivity contribution in [3.63, 3.8) is 0 Å². The Labute approximate surface area is 133 Å². The Morgan fingerprint density at radius 2 is 1.71 bits per heavy atom. The predicted octanol–water partition coefficient (Wildman–Crippen LogP) is 5.53. The van der Waals surface area contributed by atoms with Gasteiger partial charge in [0.2, 0.25) is 0 Å². The fraction of sp³-hybridized carbons (Fsp3) is 1.00. The first kappa shape index (κ1) is 17.5. The van der Waals surface area contributed by atoms with Gasteiger partial charge in [-0.15, -0.1) is 0 Å². The lowest BCUT2D eigenvalue weighted by atomic mass is 9.74. The van der Waals surface area contributed by atoms with Gasteiger partial charge in [0, 0.05) is 0 Å². The number of epoxide rings is 1. The Hall–Kier alpha value is 0.137. The summed E-state index contributed by atoms with van der Waals surface area (Å²) in [4.78, 5) is 0. The third-order valence-electron chi connectivity index (χ3n) is 6.70. The van der Waals surface area contributed by atoms with E-state index < -0.39 is 8.32 Å².